The molecule has 0 aromatic rings. The van der Waals surface area contributed by atoms with E-state index in [2.05, 4.69) is 26.8 Å². The van der Waals surface area contributed by atoms with Crippen molar-refractivity contribution in [3.63, 3.8) is 0 Å². The van der Waals surface area contributed by atoms with Gasteiger partial charge in [-0.25, -0.2) is 4.79 Å². The summed E-state index contributed by atoms with van der Waals surface area (Å²) in [5.41, 5.74) is 1.73. The second-order valence-corrected chi connectivity index (χ2v) is 5.97. The highest BCUT2D eigenvalue weighted by molar-refractivity contribution is 5.87. The average Bonchev–Trinajstić information content (AvgIpc) is 2.26. The minimum Gasteiger partial charge on any atom is -0.478 e. The number of aliphatic hydroxyl groups excluding tert-OH is 1. The van der Waals surface area contributed by atoms with Crippen molar-refractivity contribution in [1.82, 2.24) is 0 Å². The first kappa shape index (κ1) is 13.3. The van der Waals surface area contributed by atoms with E-state index in [-0.39, 0.29) is 17.8 Å². The molecule has 18 heavy (non-hydrogen) atoms. The van der Waals surface area contributed by atoms with Crippen LogP contribution in [0.2, 0.25) is 0 Å². The number of carbonyl (C=O) groups is 1. The molecule has 100 valence electrons. The molecular formula is C15H22O3. The van der Waals surface area contributed by atoms with Gasteiger partial charge in [-0.15, -0.1) is 0 Å². The van der Waals surface area contributed by atoms with Gasteiger partial charge in [-0.3, -0.25) is 0 Å². The van der Waals surface area contributed by atoms with Crippen LogP contribution >= 0.6 is 0 Å². The summed E-state index contributed by atoms with van der Waals surface area (Å²) in [5.74, 6) is -0.152. The van der Waals surface area contributed by atoms with Gasteiger partial charge in [-0.05, 0) is 49.5 Å². The minimum absolute atomic E-state index is 0.0713. The first-order valence-corrected chi connectivity index (χ1v) is 6.72. The highest BCUT2D eigenvalue weighted by atomic mass is 16.4. The van der Waals surface area contributed by atoms with Gasteiger partial charge in [0.05, 0.1) is 6.10 Å². The van der Waals surface area contributed by atoms with E-state index in [0.717, 1.165) is 12.8 Å². The van der Waals surface area contributed by atoms with Crippen LogP contribution in [0, 0.1) is 23.7 Å². The monoisotopic (exact) mass is 250 g/mol. The summed E-state index contributed by atoms with van der Waals surface area (Å²) >= 11 is 0. The Morgan fingerprint density at radius 1 is 1.39 bits per heavy atom. The predicted octanol–water partition coefficient (Wildman–Crippen LogP) is 2.62. The molecule has 4 atom stereocenters. The normalized spacial score (nSPS) is 35.8. The van der Waals surface area contributed by atoms with E-state index in [4.69, 9.17) is 0 Å². The van der Waals surface area contributed by atoms with Crippen molar-refractivity contribution >= 4 is 5.97 Å². The second kappa shape index (κ2) is 4.88. The minimum atomic E-state index is -0.876. The molecule has 0 amide bonds. The number of carboxylic acids is 1. The lowest BCUT2D eigenvalue weighted by molar-refractivity contribution is -0.134. The molecule has 2 aliphatic rings. The summed E-state index contributed by atoms with van der Waals surface area (Å²) in [5, 5.41) is 19.5. The van der Waals surface area contributed by atoms with Gasteiger partial charge >= 0.3 is 5.97 Å². The van der Waals surface area contributed by atoms with Crippen molar-refractivity contribution in [2.45, 2.75) is 39.7 Å². The molecule has 3 heteroatoms. The van der Waals surface area contributed by atoms with Crippen LogP contribution in [0.4, 0.5) is 0 Å². The number of hydrogen-bond acceptors (Lipinski definition) is 2. The van der Waals surface area contributed by atoms with Crippen LogP contribution in [-0.2, 0) is 4.79 Å². The van der Waals surface area contributed by atoms with Crippen LogP contribution in [-0.4, -0.2) is 22.3 Å². The molecule has 0 bridgehead atoms. The highest BCUT2D eigenvalue weighted by Crippen LogP contribution is 2.45. The lowest BCUT2D eigenvalue weighted by Crippen LogP contribution is -2.41. The lowest BCUT2D eigenvalue weighted by atomic mass is 9.63. The molecule has 0 radical (unpaired) electrons. The van der Waals surface area contributed by atoms with Crippen molar-refractivity contribution in [2.75, 3.05) is 0 Å². The summed E-state index contributed by atoms with van der Waals surface area (Å²) in [4.78, 5) is 11.3. The number of fused-ring (bicyclic) bond motifs is 1. The molecule has 0 fully saturated rings. The Kier molecular flexibility index (Phi) is 3.62. The number of hydrogen-bond donors (Lipinski definition) is 2. The second-order valence-electron chi connectivity index (χ2n) is 5.97. The molecule has 0 saturated heterocycles. The van der Waals surface area contributed by atoms with Crippen molar-refractivity contribution < 1.29 is 15.0 Å². The Labute approximate surface area is 108 Å². The molecule has 3 nitrogen and oxygen atoms in total. The molecular weight excluding hydrogens is 228 g/mol. The number of allylic oxidation sites excluding steroid dienone is 2. The topological polar surface area (TPSA) is 57.5 Å². The van der Waals surface area contributed by atoms with Gasteiger partial charge in [0.25, 0.3) is 0 Å². The van der Waals surface area contributed by atoms with Crippen molar-refractivity contribution in [1.29, 1.82) is 0 Å². The molecule has 0 aromatic carbocycles. The molecule has 0 spiro atoms. The molecule has 2 N–H and O–H groups in total. The molecule has 2 aliphatic carbocycles. The SMILES string of the molecule is CC1=CC2C(CC1)C(C(=O)O)=CC(O)C2C(C)C. The molecule has 0 aliphatic heterocycles. The van der Waals surface area contributed by atoms with Crippen LogP contribution < -0.4 is 0 Å². The van der Waals surface area contributed by atoms with Crippen molar-refractivity contribution in [3.8, 4) is 0 Å². The quantitative estimate of drug-likeness (QED) is 0.741. The van der Waals surface area contributed by atoms with E-state index in [0.29, 0.717) is 11.5 Å². The predicted molar refractivity (Wildman–Crippen MR) is 70.0 cm³/mol. The standard InChI is InChI=1S/C15H22O3/c1-8(2)14-11-6-9(3)4-5-10(11)12(15(17)18)7-13(14)16/h6-8,10-11,13-14,16H,4-5H2,1-3H3,(H,17,18). The molecule has 0 aromatic heterocycles. The van der Waals surface area contributed by atoms with Crippen LogP contribution in [0.3, 0.4) is 0 Å². The van der Waals surface area contributed by atoms with Gasteiger partial charge in [0.1, 0.15) is 0 Å². The lowest BCUT2D eigenvalue weighted by Gasteiger charge is -2.43. The smallest absolute Gasteiger partial charge is 0.331 e. The maximum absolute atomic E-state index is 11.3. The summed E-state index contributed by atoms with van der Waals surface area (Å²) in [7, 11) is 0. The van der Waals surface area contributed by atoms with Gasteiger partial charge in [0, 0.05) is 5.57 Å². The zero-order valence-electron chi connectivity index (χ0n) is 11.3. The fourth-order valence-corrected chi connectivity index (χ4v) is 3.56. The Hall–Kier alpha value is -1.09. The van der Waals surface area contributed by atoms with Gasteiger partial charge in [-0.2, -0.15) is 0 Å². The Balaban J connectivity index is 2.43. The number of aliphatic carboxylic acids is 1. The molecule has 0 heterocycles. The third-order valence-corrected chi connectivity index (χ3v) is 4.40. The molecule has 2 rings (SSSR count). The maximum Gasteiger partial charge on any atom is 0.331 e. The van der Waals surface area contributed by atoms with Gasteiger partial charge in [-0.1, -0.05) is 25.5 Å². The number of carboxylic acid groups (broad SMARTS) is 1. The zero-order valence-corrected chi connectivity index (χ0v) is 11.3. The molecule has 4 unspecified atom stereocenters. The van der Waals surface area contributed by atoms with Crippen LogP contribution in [0.5, 0.6) is 0 Å². The fraction of sp³-hybridized carbons (Fsp3) is 0.667. The number of rotatable bonds is 2. The highest BCUT2D eigenvalue weighted by Gasteiger charge is 2.42. The van der Waals surface area contributed by atoms with E-state index in [9.17, 15) is 15.0 Å². The fourth-order valence-electron chi connectivity index (χ4n) is 3.56. The van der Waals surface area contributed by atoms with Crippen LogP contribution in [0.25, 0.3) is 0 Å². The van der Waals surface area contributed by atoms with Gasteiger partial charge in [0.2, 0.25) is 0 Å². The average molecular weight is 250 g/mol. The van der Waals surface area contributed by atoms with Crippen molar-refractivity contribution in [2.24, 2.45) is 23.7 Å². The third-order valence-electron chi connectivity index (χ3n) is 4.40. The first-order chi connectivity index (χ1) is 8.41. The zero-order chi connectivity index (χ0) is 13.4. The Bertz CT molecular complexity index is 406. The van der Waals surface area contributed by atoms with Crippen molar-refractivity contribution in [3.05, 3.63) is 23.3 Å². The Morgan fingerprint density at radius 3 is 2.61 bits per heavy atom. The van der Waals surface area contributed by atoms with E-state index in [1.54, 1.807) is 6.08 Å². The summed E-state index contributed by atoms with van der Waals surface area (Å²) < 4.78 is 0. The van der Waals surface area contributed by atoms with E-state index >= 15 is 0 Å². The Morgan fingerprint density at radius 2 is 2.06 bits per heavy atom. The van der Waals surface area contributed by atoms with E-state index in [1.165, 1.54) is 5.57 Å². The number of aliphatic hydroxyl groups is 1. The summed E-state index contributed by atoms with van der Waals surface area (Å²) in [6, 6.07) is 0. The molecule has 0 saturated carbocycles. The van der Waals surface area contributed by atoms with Crippen LogP contribution in [0.15, 0.2) is 23.3 Å². The summed E-state index contributed by atoms with van der Waals surface area (Å²) in [6.07, 6.45) is 4.98. The van der Waals surface area contributed by atoms with Gasteiger partial charge in [0.15, 0.2) is 0 Å². The van der Waals surface area contributed by atoms with E-state index < -0.39 is 12.1 Å². The van der Waals surface area contributed by atoms with Gasteiger partial charge < -0.3 is 10.2 Å². The first-order valence-electron chi connectivity index (χ1n) is 6.72. The summed E-state index contributed by atoms with van der Waals surface area (Å²) in [6.45, 7) is 6.30. The third kappa shape index (κ3) is 2.24. The maximum atomic E-state index is 11.3. The largest absolute Gasteiger partial charge is 0.478 e. The van der Waals surface area contributed by atoms with E-state index in [1.807, 2.05) is 0 Å². The van der Waals surface area contributed by atoms with Crippen LogP contribution in [0.1, 0.15) is 33.6 Å².